The summed E-state index contributed by atoms with van der Waals surface area (Å²) in [6.45, 7) is 3.32. The van der Waals surface area contributed by atoms with Gasteiger partial charge in [0.25, 0.3) is 0 Å². The number of hydrogen-bond donors (Lipinski definition) is 1. The topological polar surface area (TPSA) is 67.6 Å². The second kappa shape index (κ2) is 6.67. The van der Waals surface area contributed by atoms with E-state index >= 15 is 0 Å². The summed E-state index contributed by atoms with van der Waals surface area (Å²) in [6.07, 6.45) is 3.16. The quantitative estimate of drug-likeness (QED) is 0.911. The Morgan fingerprint density at radius 2 is 2.19 bits per heavy atom. The normalized spacial score (nSPS) is 28.5. The number of ether oxygens (including phenoxy) is 1. The van der Waals surface area contributed by atoms with Crippen LogP contribution in [0.3, 0.4) is 0 Å². The molecule has 0 bridgehead atoms. The van der Waals surface area contributed by atoms with Crippen LogP contribution in [-0.4, -0.2) is 56.9 Å². The molecular formula is C20H27N3O3. The summed E-state index contributed by atoms with van der Waals surface area (Å²) in [4.78, 5) is 19.5. The number of fused-ring (bicyclic) bond motifs is 2. The van der Waals surface area contributed by atoms with Crippen LogP contribution in [0.2, 0.25) is 0 Å². The highest BCUT2D eigenvalue weighted by atomic mass is 16.5. The molecule has 1 aliphatic carbocycles. The van der Waals surface area contributed by atoms with Crippen LogP contribution in [0.1, 0.15) is 37.9 Å². The van der Waals surface area contributed by atoms with Crippen LogP contribution in [0.25, 0.3) is 11.0 Å². The van der Waals surface area contributed by atoms with Crippen molar-refractivity contribution in [1.82, 2.24) is 14.5 Å². The van der Waals surface area contributed by atoms with Gasteiger partial charge >= 0.3 is 0 Å². The number of carbonyl (C=O) groups is 1. The summed E-state index contributed by atoms with van der Waals surface area (Å²) in [6, 6.07) is 8.01. The van der Waals surface area contributed by atoms with E-state index in [1.807, 2.05) is 36.1 Å². The van der Waals surface area contributed by atoms with E-state index in [0.29, 0.717) is 25.9 Å². The van der Waals surface area contributed by atoms with Gasteiger partial charge < -0.3 is 19.3 Å². The van der Waals surface area contributed by atoms with Gasteiger partial charge in [0.05, 0.1) is 28.8 Å². The number of methoxy groups -OCH3 is 1. The highest BCUT2D eigenvalue weighted by Crippen LogP contribution is 2.42. The van der Waals surface area contributed by atoms with Crippen molar-refractivity contribution in [2.75, 3.05) is 13.7 Å². The van der Waals surface area contributed by atoms with Crippen LogP contribution in [0, 0.1) is 6.92 Å². The number of benzene rings is 1. The fourth-order valence-corrected chi connectivity index (χ4v) is 4.80. The minimum absolute atomic E-state index is 0.00983. The molecule has 0 radical (unpaired) electrons. The van der Waals surface area contributed by atoms with Crippen molar-refractivity contribution < 1.29 is 14.6 Å². The van der Waals surface area contributed by atoms with Crippen LogP contribution in [-0.2, 0) is 16.1 Å². The lowest BCUT2D eigenvalue weighted by Gasteiger charge is -2.42. The SMILES string of the molecule is CO[C@@]12CC[C@H](O)C[C@@H]1N(C(=O)CCn1c(C)nc3ccccc31)CC2. The van der Waals surface area contributed by atoms with Gasteiger partial charge in [-0.25, -0.2) is 4.98 Å². The van der Waals surface area contributed by atoms with Crippen molar-refractivity contribution in [3.8, 4) is 0 Å². The average Bonchev–Trinajstić information content (AvgIpc) is 3.17. The highest BCUT2D eigenvalue weighted by Gasteiger charge is 2.52. The molecule has 6 nitrogen and oxygen atoms in total. The molecule has 2 aromatic rings. The first-order valence-corrected chi connectivity index (χ1v) is 9.48. The third kappa shape index (κ3) is 2.81. The lowest BCUT2D eigenvalue weighted by atomic mass is 9.79. The van der Waals surface area contributed by atoms with E-state index in [0.717, 1.165) is 36.1 Å². The summed E-state index contributed by atoms with van der Waals surface area (Å²) in [5.74, 6) is 1.07. The molecule has 0 spiro atoms. The minimum atomic E-state index is -0.337. The largest absolute Gasteiger partial charge is 0.393 e. The Kier molecular flexibility index (Phi) is 4.49. The van der Waals surface area contributed by atoms with E-state index in [1.165, 1.54) is 0 Å². The number of para-hydroxylation sites is 2. The molecule has 2 aliphatic rings. The van der Waals surface area contributed by atoms with Gasteiger partial charge in [-0.05, 0) is 44.7 Å². The third-order valence-corrected chi connectivity index (χ3v) is 6.28. The summed E-state index contributed by atoms with van der Waals surface area (Å²) in [5.41, 5.74) is 1.76. The molecule has 26 heavy (non-hydrogen) atoms. The van der Waals surface area contributed by atoms with Crippen LogP contribution >= 0.6 is 0 Å². The van der Waals surface area contributed by atoms with E-state index in [4.69, 9.17) is 4.74 Å². The predicted octanol–water partition coefficient (Wildman–Crippen LogP) is 2.27. The number of hydrogen-bond acceptors (Lipinski definition) is 4. The van der Waals surface area contributed by atoms with Crippen molar-refractivity contribution in [3.63, 3.8) is 0 Å². The Hall–Kier alpha value is -1.92. The Bertz CT molecular complexity index is 818. The molecule has 4 rings (SSSR count). The number of likely N-dealkylation sites (tertiary alicyclic amines) is 1. The first-order valence-electron chi connectivity index (χ1n) is 9.48. The average molecular weight is 357 g/mol. The van der Waals surface area contributed by atoms with E-state index < -0.39 is 0 Å². The lowest BCUT2D eigenvalue weighted by Crippen LogP contribution is -2.52. The molecule has 1 N–H and O–H groups in total. The van der Waals surface area contributed by atoms with E-state index in [1.54, 1.807) is 7.11 Å². The Balaban J connectivity index is 1.49. The number of amides is 1. The number of imidazole rings is 1. The zero-order chi connectivity index (χ0) is 18.3. The summed E-state index contributed by atoms with van der Waals surface area (Å²) in [7, 11) is 1.74. The maximum atomic E-state index is 13.0. The van der Waals surface area contributed by atoms with Crippen molar-refractivity contribution in [2.45, 2.75) is 63.3 Å². The van der Waals surface area contributed by atoms with Gasteiger partial charge in [0.2, 0.25) is 5.91 Å². The minimum Gasteiger partial charge on any atom is -0.393 e. The van der Waals surface area contributed by atoms with Gasteiger partial charge in [-0.1, -0.05) is 12.1 Å². The van der Waals surface area contributed by atoms with Gasteiger partial charge in [0.15, 0.2) is 0 Å². The van der Waals surface area contributed by atoms with Crippen LogP contribution in [0.4, 0.5) is 0 Å². The van der Waals surface area contributed by atoms with Crippen LogP contribution in [0.5, 0.6) is 0 Å². The molecular weight excluding hydrogens is 330 g/mol. The standard InChI is InChI=1S/C20H27N3O3/c1-14-21-16-5-3-4-6-17(16)22(14)11-8-19(25)23-12-10-20(26-2)9-7-15(24)13-18(20)23/h3-6,15,18,24H,7-13H2,1-2H3/t15-,18-,20+/m0/s1. The van der Waals surface area contributed by atoms with Gasteiger partial charge in [-0.15, -0.1) is 0 Å². The second-order valence-corrected chi connectivity index (χ2v) is 7.60. The van der Waals surface area contributed by atoms with E-state index in [9.17, 15) is 9.90 Å². The Morgan fingerprint density at radius 3 is 3.00 bits per heavy atom. The summed E-state index contributed by atoms with van der Waals surface area (Å²) in [5, 5.41) is 10.1. The second-order valence-electron chi connectivity index (χ2n) is 7.60. The maximum absolute atomic E-state index is 13.0. The molecule has 1 saturated heterocycles. The molecule has 6 heteroatoms. The predicted molar refractivity (Wildman–Crippen MR) is 98.8 cm³/mol. The molecule has 2 heterocycles. The van der Waals surface area contributed by atoms with E-state index in [-0.39, 0.29) is 23.7 Å². The molecule has 3 atom stereocenters. The lowest BCUT2D eigenvalue weighted by molar-refractivity contribution is -0.140. The zero-order valence-electron chi connectivity index (χ0n) is 15.5. The molecule has 1 amide bonds. The molecule has 0 unspecified atom stereocenters. The first-order chi connectivity index (χ1) is 12.5. The van der Waals surface area contributed by atoms with Crippen LogP contribution in [0.15, 0.2) is 24.3 Å². The van der Waals surface area contributed by atoms with Gasteiger partial charge in [-0.3, -0.25) is 4.79 Å². The zero-order valence-corrected chi connectivity index (χ0v) is 15.5. The summed E-state index contributed by atoms with van der Waals surface area (Å²) >= 11 is 0. The maximum Gasteiger partial charge on any atom is 0.224 e. The number of aromatic nitrogens is 2. The number of carbonyl (C=O) groups excluding carboxylic acids is 1. The first kappa shape index (κ1) is 17.5. The number of rotatable bonds is 4. The molecule has 1 aliphatic heterocycles. The van der Waals surface area contributed by atoms with Gasteiger partial charge in [-0.2, -0.15) is 0 Å². The molecule has 1 aromatic carbocycles. The van der Waals surface area contributed by atoms with Crippen molar-refractivity contribution in [1.29, 1.82) is 0 Å². The van der Waals surface area contributed by atoms with E-state index in [2.05, 4.69) is 9.55 Å². The monoisotopic (exact) mass is 357 g/mol. The summed E-state index contributed by atoms with van der Waals surface area (Å²) < 4.78 is 7.95. The Morgan fingerprint density at radius 1 is 1.38 bits per heavy atom. The van der Waals surface area contributed by atoms with Crippen molar-refractivity contribution in [2.24, 2.45) is 0 Å². The fourth-order valence-electron chi connectivity index (χ4n) is 4.80. The fraction of sp³-hybridized carbons (Fsp3) is 0.600. The Labute approximate surface area is 153 Å². The number of nitrogens with zero attached hydrogens (tertiary/aromatic N) is 3. The molecule has 1 aromatic heterocycles. The molecule has 140 valence electrons. The number of aryl methyl sites for hydroxylation is 2. The number of aliphatic hydroxyl groups is 1. The van der Waals surface area contributed by atoms with Gasteiger partial charge in [0, 0.05) is 26.6 Å². The van der Waals surface area contributed by atoms with Gasteiger partial charge in [0.1, 0.15) is 5.82 Å². The van der Waals surface area contributed by atoms with Crippen LogP contribution < -0.4 is 0 Å². The van der Waals surface area contributed by atoms with Crippen molar-refractivity contribution >= 4 is 16.9 Å². The number of aliphatic hydroxyl groups excluding tert-OH is 1. The third-order valence-electron chi connectivity index (χ3n) is 6.28. The molecule has 1 saturated carbocycles. The highest BCUT2D eigenvalue weighted by molar-refractivity contribution is 5.78. The molecule has 2 fully saturated rings. The van der Waals surface area contributed by atoms with Crippen molar-refractivity contribution in [3.05, 3.63) is 30.1 Å². The smallest absolute Gasteiger partial charge is 0.224 e.